The molecule has 2 heterocycles. The van der Waals surface area contributed by atoms with Gasteiger partial charge >= 0.3 is 0 Å². The minimum absolute atomic E-state index is 0.185. The van der Waals surface area contributed by atoms with Crippen LogP contribution < -0.4 is 0 Å². The fraction of sp³-hybridized carbons (Fsp3) is 0.143. The predicted octanol–water partition coefficient (Wildman–Crippen LogP) is 3.38. The van der Waals surface area contributed by atoms with Crippen LogP contribution in [0.1, 0.15) is 12.6 Å². The Morgan fingerprint density at radius 1 is 1.14 bits per heavy atom. The van der Waals surface area contributed by atoms with Gasteiger partial charge in [-0.3, -0.25) is 0 Å². The average molecular weight is 302 g/mol. The van der Waals surface area contributed by atoms with Crippen LogP contribution in [-0.4, -0.2) is 20.2 Å². The Balaban J connectivity index is 1.85. The summed E-state index contributed by atoms with van der Waals surface area (Å²) in [5.74, 6) is -0.0484. The molecule has 2 aromatic heterocycles. The molecule has 0 N–H and O–H groups in total. The molecule has 0 unspecified atom stereocenters. The lowest BCUT2D eigenvalue weighted by Gasteiger charge is -2.01. The number of aryl methyl sites for hydroxylation is 1. The number of rotatable bonds is 4. The minimum atomic E-state index is -0.440. The Morgan fingerprint density at radius 3 is 2.71 bits per heavy atom. The molecule has 106 valence electrons. The number of halogens is 1. The van der Waals surface area contributed by atoms with Gasteiger partial charge in [0.05, 0.1) is 5.69 Å². The monoisotopic (exact) mass is 302 g/mol. The smallest absolute Gasteiger partial charge is 0.283 e. The zero-order valence-electron chi connectivity index (χ0n) is 11.2. The molecule has 1 aromatic carbocycles. The molecule has 3 aromatic rings. The summed E-state index contributed by atoms with van der Waals surface area (Å²) in [6, 6.07) is 9.39. The van der Waals surface area contributed by atoms with Crippen molar-refractivity contribution in [2.24, 2.45) is 0 Å². The van der Waals surface area contributed by atoms with Gasteiger partial charge in [-0.1, -0.05) is 25.1 Å². The van der Waals surface area contributed by atoms with E-state index in [-0.39, 0.29) is 10.2 Å². The maximum atomic E-state index is 14.1. The van der Waals surface area contributed by atoms with Crippen molar-refractivity contribution in [1.29, 1.82) is 0 Å². The van der Waals surface area contributed by atoms with Crippen LogP contribution in [0.4, 0.5) is 4.39 Å². The number of aromatic nitrogens is 4. The quantitative estimate of drug-likeness (QED) is 0.688. The van der Waals surface area contributed by atoms with Crippen LogP contribution in [0.25, 0.3) is 11.5 Å². The number of benzene rings is 1. The van der Waals surface area contributed by atoms with Crippen LogP contribution >= 0.6 is 11.8 Å². The summed E-state index contributed by atoms with van der Waals surface area (Å²) in [6.45, 7) is 1.83. The molecule has 0 spiro atoms. The molecule has 0 aliphatic heterocycles. The lowest BCUT2D eigenvalue weighted by Crippen LogP contribution is -1.97. The normalized spacial score (nSPS) is 10.8. The molecular weight excluding hydrogens is 291 g/mol. The van der Waals surface area contributed by atoms with Crippen molar-refractivity contribution in [3.63, 3.8) is 0 Å². The van der Waals surface area contributed by atoms with E-state index in [0.29, 0.717) is 18.0 Å². The van der Waals surface area contributed by atoms with Gasteiger partial charge in [-0.15, -0.1) is 10.2 Å². The number of hydrogen-bond acceptors (Lipinski definition) is 6. The SMILES string of the molecule is CCc1ncnc(Sc2nnc(-c3ccccc3)o2)c1F. The van der Waals surface area contributed by atoms with Crippen LogP contribution in [0.15, 0.2) is 51.3 Å². The van der Waals surface area contributed by atoms with Crippen molar-refractivity contribution in [3.05, 3.63) is 48.2 Å². The van der Waals surface area contributed by atoms with Gasteiger partial charge < -0.3 is 4.42 Å². The molecule has 0 aliphatic rings. The van der Waals surface area contributed by atoms with Gasteiger partial charge in [-0.2, -0.15) is 0 Å². The molecule has 0 aliphatic carbocycles. The van der Waals surface area contributed by atoms with Crippen molar-refractivity contribution in [2.75, 3.05) is 0 Å². The zero-order chi connectivity index (χ0) is 14.7. The third-order valence-electron chi connectivity index (χ3n) is 2.78. The summed E-state index contributed by atoms with van der Waals surface area (Å²) in [7, 11) is 0. The molecular formula is C14H11FN4OS. The van der Waals surface area contributed by atoms with E-state index in [1.165, 1.54) is 6.33 Å². The molecule has 0 amide bonds. The van der Waals surface area contributed by atoms with E-state index in [1.807, 2.05) is 37.3 Å². The van der Waals surface area contributed by atoms with Crippen LogP contribution in [-0.2, 0) is 6.42 Å². The maximum absolute atomic E-state index is 14.1. The van der Waals surface area contributed by atoms with Crippen molar-refractivity contribution in [2.45, 2.75) is 23.6 Å². The molecule has 5 nitrogen and oxygen atoms in total. The van der Waals surface area contributed by atoms with Crippen molar-refractivity contribution < 1.29 is 8.81 Å². The highest BCUT2D eigenvalue weighted by molar-refractivity contribution is 7.99. The fourth-order valence-electron chi connectivity index (χ4n) is 1.74. The van der Waals surface area contributed by atoms with Crippen LogP contribution in [0.5, 0.6) is 0 Å². The third-order valence-corrected chi connectivity index (χ3v) is 3.59. The second-order valence-corrected chi connectivity index (χ2v) is 5.07. The first-order chi connectivity index (χ1) is 10.3. The van der Waals surface area contributed by atoms with E-state index in [1.54, 1.807) is 0 Å². The molecule has 0 saturated heterocycles. The highest BCUT2D eigenvalue weighted by atomic mass is 32.2. The highest BCUT2D eigenvalue weighted by Crippen LogP contribution is 2.29. The van der Waals surface area contributed by atoms with Crippen LogP contribution in [0, 0.1) is 5.82 Å². The molecule has 7 heteroatoms. The standard InChI is InChI=1S/C14H11FN4OS/c1-2-10-11(15)13(17-8-16-10)21-14-19-18-12(20-14)9-6-4-3-5-7-9/h3-8H,2H2,1H3. The van der Waals surface area contributed by atoms with Crippen molar-refractivity contribution in [1.82, 2.24) is 20.2 Å². The maximum Gasteiger partial charge on any atom is 0.283 e. The van der Waals surface area contributed by atoms with E-state index in [9.17, 15) is 4.39 Å². The first-order valence-corrected chi connectivity index (χ1v) is 7.15. The van der Waals surface area contributed by atoms with Gasteiger partial charge in [0.2, 0.25) is 5.89 Å². The first-order valence-electron chi connectivity index (χ1n) is 6.34. The summed E-state index contributed by atoms with van der Waals surface area (Å²) >= 11 is 0.993. The van der Waals surface area contributed by atoms with Gasteiger partial charge in [0.1, 0.15) is 11.4 Å². The molecule has 3 rings (SSSR count). The van der Waals surface area contributed by atoms with Gasteiger partial charge in [0.15, 0.2) is 5.82 Å². The molecule has 0 atom stereocenters. The van der Waals surface area contributed by atoms with E-state index in [0.717, 1.165) is 17.3 Å². The Bertz CT molecular complexity index is 748. The second kappa shape index (κ2) is 6.01. The van der Waals surface area contributed by atoms with E-state index in [4.69, 9.17) is 4.42 Å². The summed E-state index contributed by atoms with van der Waals surface area (Å²) in [6.07, 6.45) is 1.83. The van der Waals surface area contributed by atoms with Gasteiger partial charge in [0.25, 0.3) is 5.22 Å². The zero-order valence-corrected chi connectivity index (χ0v) is 12.0. The topological polar surface area (TPSA) is 64.7 Å². The van der Waals surface area contributed by atoms with Crippen molar-refractivity contribution in [3.8, 4) is 11.5 Å². The molecule has 0 radical (unpaired) electrons. The number of hydrogen-bond donors (Lipinski definition) is 0. The average Bonchev–Trinajstić information content (AvgIpc) is 2.99. The van der Waals surface area contributed by atoms with E-state index in [2.05, 4.69) is 20.2 Å². The Kier molecular flexibility index (Phi) is 3.92. The summed E-state index contributed by atoms with van der Waals surface area (Å²) in [5, 5.41) is 8.28. The summed E-state index contributed by atoms with van der Waals surface area (Å²) in [5.41, 5.74) is 1.18. The second-order valence-electron chi connectivity index (χ2n) is 4.13. The Labute approximate surface area is 124 Å². The third kappa shape index (κ3) is 2.92. The number of nitrogens with zero attached hydrogens (tertiary/aromatic N) is 4. The summed E-state index contributed by atoms with van der Waals surface area (Å²) < 4.78 is 19.6. The highest BCUT2D eigenvalue weighted by Gasteiger charge is 2.15. The molecule has 0 fully saturated rings. The lowest BCUT2D eigenvalue weighted by atomic mass is 10.2. The minimum Gasteiger partial charge on any atom is -0.411 e. The molecule has 0 bridgehead atoms. The molecule has 21 heavy (non-hydrogen) atoms. The van der Waals surface area contributed by atoms with Gasteiger partial charge in [-0.25, -0.2) is 14.4 Å². The van der Waals surface area contributed by atoms with Gasteiger partial charge in [0, 0.05) is 5.56 Å². The first kappa shape index (κ1) is 13.7. The van der Waals surface area contributed by atoms with E-state index < -0.39 is 5.82 Å². The van der Waals surface area contributed by atoms with Crippen molar-refractivity contribution >= 4 is 11.8 Å². The van der Waals surface area contributed by atoms with E-state index >= 15 is 0 Å². The van der Waals surface area contributed by atoms with Gasteiger partial charge in [-0.05, 0) is 30.3 Å². The summed E-state index contributed by atoms with van der Waals surface area (Å²) in [4.78, 5) is 7.80. The largest absolute Gasteiger partial charge is 0.411 e. The Morgan fingerprint density at radius 2 is 1.95 bits per heavy atom. The molecule has 0 saturated carbocycles. The predicted molar refractivity (Wildman–Crippen MR) is 75.2 cm³/mol. The van der Waals surface area contributed by atoms with Crippen LogP contribution in [0.3, 0.4) is 0 Å². The van der Waals surface area contributed by atoms with Crippen LogP contribution in [0.2, 0.25) is 0 Å². The lowest BCUT2D eigenvalue weighted by molar-refractivity contribution is 0.464. The Hall–Kier alpha value is -2.28. The fourth-order valence-corrected chi connectivity index (χ4v) is 2.41.